The highest BCUT2D eigenvalue weighted by Gasteiger charge is 2.08. The maximum Gasteiger partial charge on any atom is 0.207 e. The van der Waals surface area contributed by atoms with Crippen molar-refractivity contribution < 1.29 is 13.5 Å². The molecule has 2 aromatic rings. The molecule has 0 bridgehead atoms. The molecule has 1 heterocycles. The van der Waals surface area contributed by atoms with Gasteiger partial charge in [0, 0.05) is 31.6 Å². The van der Waals surface area contributed by atoms with E-state index in [4.69, 9.17) is 4.74 Å². The Balaban J connectivity index is 2.19. The van der Waals surface area contributed by atoms with E-state index in [1.807, 2.05) is 17.7 Å². The molecule has 0 aliphatic heterocycles. The summed E-state index contributed by atoms with van der Waals surface area (Å²) >= 11 is 0. The first-order valence-corrected chi connectivity index (χ1v) is 5.85. The highest BCUT2D eigenvalue weighted by atomic mass is 19.2. The smallest absolute Gasteiger partial charge is 0.207 e. The lowest BCUT2D eigenvalue weighted by Gasteiger charge is -2.09. The van der Waals surface area contributed by atoms with Crippen LogP contribution in [0.15, 0.2) is 24.4 Å². The highest BCUT2D eigenvalue weighted by molar-refractivity contribution is 5.54. The number of benzene rings is 1. The Morgan fingerprint density at radius 1 is 1.32 bits per heavy atom. The Morgan fingerprint density at radius 2 is 2.11 bits per heavy atom. The van der Waals surface area contributed by atoms with Crippen LogP contribution in [0.2, 0.25) is 0 Å². The van der Waals surface area contributed by atoms with Gasteiger partial charge >= 0.3 is 0 Å². The molecule has 0 atom stereocenters. The minimum atomic E-state index is -0.892. The third-order valence-electron chi connectivity index (χ3n) is 2.61. The largest absolute Gasteiger partial charge is 0.383 e. The molecule has 0 aliphatic rings. The van der Waals surface area contributed by atoms with Gasteiger partial charge in [-0.25, -0.2) is 13.8 Å². The number of ether oxygens (including phenoxy) is 1. The Bertz CT molecular complexity index is 569. The zero-order chi connectivity index (χ0) is 13.8. The predicted octanol–water partition coefficient (Wildman–Crippen LogP) is 2.86. The van der Waals surface area contributed by atoms with Crippen LogP contribution in [0.4, 0.5) is 20.4 Å². The molecule has 0 aliphatic carbocycles. The van der Waals surface area contributed by atoms with Crippen molar-refractivity contribution in [3.63, 3.8) is 0 Å². The molecule has 1 N–H and O–H groups in total. The molecular weight excluding hydrogens is 252 g/mol. The topological polar surface area (TPSA) is 39.1 Å². The summed E-state index contributed by atoms with van der Waals surface area (Å²) in [6, 6.07) is 3.63. The van der Waals surface area contributed by atoms with Crippen molar-refractivity contribution >= 4 is 11.6 Å². The molecule has 1 aromatic heterocycles. The quantitative estimate of drug-likeness (QED) is 0.905. The van der Waals surface area contributed by atoms with Gasteiger partial charge in [-0.15, -0.1) is 0 Å². The van der Waals surface area contributed by atoms with Crippen molar-refractivity contribution in [1.82, 2.24) is 9.55 Å². The van der Waals surface area contributed by atoms with Crippen LogP contribution in [0.25, 0.3) is 0 Å². The molecule has 1 aromatic carbocycles. The maximum absolute atomic E-state index is 13.1. The number of aryl methyl sites for hydroxylation is 1. The Hall–Kier alpha value is -1.95. The van der Waals surface area contributed by atoms with Crippen LogP contribution >= 0.6 is 0 Å². The highest BCUT2D eigenvalue weighted by Crippen LogP contribution is 2.18. The molecular formula is C13H15F2N3O. The number of rotatable bonds is 5. The lowest BCUT2D eigenvalue weighted by molar-refractivity contribution is 0.188. The van der Waals surface area contributed by atoms with Crippen LogP contribution < -0.4 is 5.32 Å². The molecule has 4 nitrogen and oxygen atoms in total. The Kier molecular flexibility index (Phi) is 4.11. The van der Waals surface area contributed by atoms with Gasteiger partial charge in [-0.05, 0) is 19.1 Å². The number of nitrogens with zero attached hydrogens (tertiary/aromatic N) is 2. The number of nitrogens with one attached hydrogen (secondary N) is 1. The van der Waals surface area contributed by atoms with E-state index in [2.05, 4.69) is 10.3 Å². The zero-order valence-electron chi connectivity index (χ0n) is 10.8. The standard InChI is InChI=1S/C13H15F2N3O/c1-9-8-18(5-6-19-2)13(16-9)17-10-3-4-11(14)12(15)7-10/h3-4,7-8H,5-6H2,1-2H3,(H,16,17). The van der Waals surface area contributed by atoms with Gasteiger partial charge in [-0.1, -0.05) is 0 Å². The van der Waals surface area contributed by atoms with Crippen molar-refractivity contribution in [2.75, 3.05) is 19.0 Å². The third-order valence-corrected chi connectivity index (χ3v) is 2.61. The fourth-order valence-corrected chi connectivity index (χ4v) is 1.71. The summed E-state index contributed by atoms with van der Waals surface area (Å²) < 4.78 is 32.8. The van der Waals surface area contributed by atoms with Gasteiger partial charge in [0.25, 0.3) is 0 Å². The molecule has 19 heavy (non-hydrogen) atoms. The Labute approximate surface area is 110 Å². The van der Waals surface area contributed by atoms with Crippen molar-refractivity contribution in [2.45, 2.75) is 13.5 Å². The molecule has 0 amide bonds. The number of halogens is 2. The van der Waals surface area contributed by atoms with Gasteiger partial charge in [-0.3, -0.25) is 0 Å². The zero-order valence-corrected chi connectivity index (χ0v) is 10.8. The predicted molar refractivity (Wildman–Crippen MR) is 68.5 cm³/mol. The molecule has 0 unspecified atom stereocenters. The van der Waals surface area contributed by atoms with Crippen molar-refractivity contribution in [2.24, 2.45) is 0 Å². The summed E-state index contributed by atoms with van der Waals surface area (Å²) in [7, 11) is 1.62. The summed E-state index contributed by atoms with van der Waals surface area (Å²) in [4.78, 5) is 4.29. The van der Waals surface area contributed by atoms with E-state index in [-0.39, 0.29) is 0 Å². The Morgan fingerprint density at radius 3 is 2.79 bits per heavy atom. The number of hydrogen-bond donors (Lipinski definition) is 1. The fraction of sp³-hybridized carbons (Fsp3) is 0.308. The lowest BCUT2D eigenvalue weighted by atomic mass is 10.3. The second-order valence-corrected chi connectivity index (χ2v) is 4.15. The van der Waals surface area contributed by atoms with Crippen molar-refractivity contribution in [1.29, 1.82) is 0 Å². The third kappa shape index (κ3) is 3.29. The first-order chi connectivity index (χ1) is 9.10. The maximum atomic E-state index is 13.1. The summed E-state index contributed by atoms with van der Waals surface area (Å²) in [6.45, 7) is 3.03. The number of methoxy groups -OCH3 is 1. The van der Waals surface area contributed by atoms with Gasteiger partial charge in [0.05, 0.1) is 12.3 Å². The molecule has 0 fully saturated rings. The number of imidazole rings is 1. The molecule has 0 saturated carbocycles. The summed E-state index contributed by atoms with van der Waals surface area (Å²) in [5.41, 5.74) is 1.28. The van der Waals surface area contributed by atoms with Gasteiger partial charge < -0.3 is 14.6 Å². The van der Waals surface area contributed by atoms with Crippen molar-refractivity contribution in [3.8, 4) is 0 Å². The summed E-state index contributed by atoms with van der Waals surface area (Å²) in [5, 5.41) is 2.96. The van der Waals surface area contributed by atoms with E-state index >= 15 is 0 Å². The van der Waals surface area contributed by atoms with Crippen LogP contribution in [-0.2, 0) is 11.3 Å². The molecule has 102 valence electrons. The average molecular weight is 267 g/mol. The van der Waals surface area contributed by atoms with Crippen LogP contribution in [-0.4, -0.2) is 23.3 Å². The van der Waals surface area contributed by atoms with Crippen molar-refractivity contribution in [3.05, 3.63) is 41.7 Å². The number of anilines is 2. The van der Waals surface area contributed by atoms with Gasteiger partial charge in [-0.2, -0.15) is 0 Å². The normalized spacial score (nSPS) is 10.7. The molecule has 2 rings (SSSR count). The minimum absolute atomic E-state index is 0.447. The average Bonchev–Trinajstić information content (AvgIpc) is 2.71. The fourth-order valence-electron chi connectivity index (χ4n) is 1.71. The first-order valence-electron chi connectivity index (χ1n) is 5.85. The first kappa shape index (κ1) is 13.5. The lowest BCUT2D eigenvalue weighted by Crippen LogP contribution is -2.07. The summed E-state index contributed by atoms with van der Waals surface area (Å²) in [6.07, 6.45) is 1.86. The minimum Gasteiger partial charge on any atom is -0.383 e. The number of hydrogen-bond acceptors (Lipinski definition) is 3. The van der Waals surface area contributed by atoms with Gasteiger partial charge in [0.2, 0.25) is 5.95 Å². The SMILES string of the molecule is COCCn1cc(C)nc1Nc1ccc(F)c(F)c1. The van der Waals surface area contributed by atoms with Crippen LogP contribution in [0.5, 0.6) is 0 Å². The van der Waals surface area contributed by atoms with E-state index < -0.39 is 11.6 Å². The monoisotopic (exact) mass is 267 g/mol. The van der Waals surface area contributed by atoms with E-state index in [9.17, 15) is 8.78 Å². The van der Waals surface area contributed by atoms with E-state index in [0.717, 1.165) is 17.8 Å². The second kappa shape index (κ2) is 5.79. The molecule has 0 radical (unpaired) electrons. The van der Waals surface area contributed by atoms with E-state index in [0.29, 0.717) is 24.8 Å². The van der Waals surface area contributed by atoms with Gasteiger partial charge in [0.15, 0.2) is 11.6 Å². The molecule has 6 heteroatoms. The van der Waals surface area contributed by atoms with E-state index in [1.54, 1.807) is 7.11 Å². The van der Waals surface area contributed by atoms with Gasteiger partial charge in [0.1, 0.15) is 0 Å². The second-order valence-electron chi connectivity index (χ2n) is 4.15. The molecule has 0 saturated heterocycles. The van der Waals surface area contributed by atoms with Crippen LogP contribution in [0.1, 0.15) is 5.69 Å². The summed E-state index contributed by atoms with van der Waals surface area (Å²) in [5.74, 6) is -1.19. The van der Waals surface area contributed by atoms with Crippen LogP contribution in [0.3, 0.4) is 0 Å². The molecule has 0 spiro atoms. The number of aromatic nitrogens is 2. The van der Waals surface area contributed by atoms with E-state index in [1.165, 1.54) is 6.07 Å². The van der Waals surface area contributed by atoms with Crippen LogP contribution in [0, 0.1) is 18.6 Å².